The van der Waals surface area contributed by atoms with Gasteiger partial charge in [0.2, 0.25) is 11.7 Å². The Hall–Kier alpha value is -6.89. The van der Waals surface area contributed by atoms with E-state index in [1.807, 2.05) is 53.5 Å². The first-order chi connectivity index (χ1) is 35.4. The van der Waals surface area contributed by atoms with Crippen LogP contribution in [0.25, 0.3) is 22.1 Å². The third kappa shape index (κ3) is 12.5. The predicted octanol–water partition coefficient (Wildman–Crippen LogP) is 8.14. The molecule has 3 aliphatic heterocycles. The number of aryl methyl sites for hydroxylation is 3. The summed E-state index contributed by atoms with van der Waals surface area (Å²) in [6.45, 7) is 12.7. The van der Waals surface area contributed by atoms with Crippen LogP contribution < -0.4 is 5.32 Å². The summed E-state index contributed by atoms with van der Waals surface area (Å²) in [7, 11) is 0. The van der Waals surface area contributed by atoms with E-state index in [-0.39, 0.29) is 35.2 Å². The maximum atomic E-state index is 14.1. The highest BCUT2D eigenvalue weighted by Gasteiger charge is 2.39. The first kappa shape index (κ1) is 54.4. The second-order valence-corrected chi connectivity index (χ2v) is 20.3. The second-order valence-electron chi connectivity index (χ2n) is 18.6. The van der Waals surface area contributed by atoms with Crippen molar-refractivity contribution in [3.05, 3.63) is 116 Å². The number of carboxylic acids is 1. The van der Waals surface area contributed by atoms with Crippen LogP contribution in [0, 0.1) is 33.6 Å². The Balaban J connectivity index is 0.000000997. The third-order valence-corrected chi connectivity index (χ3v) is 14.8. The van der Waals surface area contributed by atoms with E-state index in [9.17, 15) is 46.1 Å². The zero-order valence-corrected chi connectivity index (χ0v) is 42.6. The molecule has 0 aliphatic carbocycles. The lowest BCUT2D eigenvalue weighted by atomic mass is 9.95. The number of nitrogens with one attached hydrogen (secondary N) is 1. The van der Waals surface area contributed by atoms with Gasteiger partial charge in [0.25, 0.3) is 5.91 Å². The fourth-order valence-corrected chi connectivity index (χ4v) is 10.6. The van der Waals surface area contributed by atoms with Crippen LogP contribution in [0.3, 0.4) is 0 Å². The largest absolute Gasteiger partial charge is 0.508 e. The van der Waals surface area contributed by atoms with Crippen molar-refractivity contribution < 1.29 is 56.0 Å². The average Bonchev–Trinajstić information content (AvgIpc) is 4.07. The molecule has 0 spiro atoms. The third-order valence-electron chi connectivity index (χ3n) is 13.4. The molecule has 3 aromatic heterocycles. The number of benzene rings is 3. The zero-order chi connectivity index (χ0) is 54.1. The number of carboxylic acid groups (broad SMARTS) is 1. The number of aliphatic carboxylic acids is 1. The van der Waals surface area contributed by atoms with Crippen molar-refractivity contribution in [2.75, 3.05) is 52.4 Å². The van der Waals surface area contributed by atoms with Gasteiger partial charge in [-0.25, -0.2) is 4.79 Å². The number of aromatic nitrogens is 6. The number of phenols is 2. The van der Waals surface area contributed by atoms with Crippen molar-refractivity contribution in [1.29, 1.82) is 0 Å². The van der Waals surface area contributed by atoms with Crippen LogP contribution in [0.2, 0.25) is 5.02 Å². The molecule has 17 nitrogen and oxygen atoms in total. The summed E-state index contributed by atoms with van der Waals surface area (Å²) >= 11 is 7.97. The second kappa shape index (κ2) is 22.1. The zero-order valence-electron chi connectivity index (χ0n) is 41.0. The quantitative estimate of drug-likeness (QED) is 0.0908. The van der Waals surface area contributed by atoms with Crippen molar-refractivity contribution in [2.45, 2.75) is 71.9 Å². The molecule has 2 saturated heterocycles. The molecule has 0 radical (unpaired) electrons. The standard InChI is InChI=1S/C48H51ClF3N11O4S.C2HF3O2/c1-27-21-36(39(65)23-38(27)64)43-56-58-45(46(67)53-26-48(50,51)52)63(43)35-11-5-31(6-12-35)24-59-17-19-60(20-18-59)25-32-13-15-61(16-14-32)40(66)22-37-44-57-55-30(4)62(44)47-41(28(2)29(3)68-47)42(54-37)33-7-9-34(49)10-8-33;3-2(4,5)1(6)7/h5-12,21,23,32,37,64-65H,13-20,22,24-26H2,1-4H3,(H,53,67);(H,6,7)/t37-;/m0./s1. The Morgan fingerprint density at radius 1 is 0.800 bits per heavy atom. The fraction of sp³-hybridized carbons (Fsp3) is 0.400. The van der Waals surface area contributed by atoms with Crippen LogP contribution in [-0.2, 0) is 16.1 Å². The van der Waals surface area contributed by atoms with Crippen LogP contribution in [0.5, 0.6) is 11.5 Å². The number of hydrogen-bond acceptors (Lipinski definition) is 13. The maximum absolute atomic E-state index is 14.1. The van der Waals surface area contributed by atoms with E-state index in [1.54, 1.807) is 30.4 Å². The van der Waals surface area contributed by atoms with Crippen molar-refractivity contribution in [1.82, 2.24) is 49.5 Å². The van der Waals surface area contributed by atoms with Crippen LogP contribution >= 0.6 is 22.9 Å². The molecule has 6 aromatic rings. The lowest BCUT2D eigenvalue weighted by molar-refractivity contribution is -0.192. The SMILES string of the molecule is Cc1cc(-c2nnc(C(=O)NCC(F)(F)F)n2-c2ccc(CN3CCN(CC4CCN(C(=O)C[C@@H]5N=C(c6ccc(Cl)cc6)c6c(sc(C)c6C)-n6c(C)nnc65)CC4)CC3)cc2)c(O)cc1O.O=C(O)C(F)(F)F. The Morgan fingerprint density at radius 3 is 2.07 bits per heavy atom. The molecule has 9 rings (SSSR count). The van der Waals surface area contributed by atoms with Crippen LogP contribution in [0.15, 0.2) is 65.7 Å². The van der Waals surface area contributed by atoms with Gasteiger partial charge in [0.05, 0.1) is 17.7 Å². The molecule has 2 amide bonds. The molecule has 0 bridgehead atoms. The molecule has 1 atom stereocenters. The number of nitrogens with zero attached hydrogens (tertiary/aromatic N) is 10. The molecular weight excluding hydrogens is 1030 g/mol. The van der Waals surface area contributed by atoms with Gasteiger partial charge in [-0.05, 0) is 93.5 Å². The first-order valence-corrected chi connectivity index (χ1v) is 25.0. The lowest BCUT2D eigenvalue weighted by Crippen LogP contribution is -2.48. The van der Waals surface area contributed by atoms with Gasteiger partial charge in [-0.2, -0.15) is 26.3 Å². The number of aromatic hydroxyl groups is 2. The Morgan fingerprint density at radius 2 is 1.44 bits per heavy atom. The molecule has 0 unspecified atom stereocenters. The normalized spacial score (nSPS) is 16.6. The number of thiophene rings is 1. The van der Waals surface area contributed by atoms with Crippen LogP contribution in [-0.4, -0.2) is 148 Å². The number of halogens is 7. The highest BCUT2D eigenvalue weighted by molar-refractivity contribution is 7.15. The summed E-state index contributed by atoms with van der Waals surface area (Å²) in [5.74, 6) is -2.78. The summed E-state index contributed by atoms with van der Waals surface area (Å²) in [6, 6.07) is 17.0. The maximum Gasteiger partial charge on any atom is 0.490 e. The summed E-state index contributed by atoms with van der Waals surface area (Å²) in [6.07, 6.45) is -7.70. The van der Waals surface area contributed by atoms with Gasteiger partial charge in [-0.3, -0.25) is 28.6 Å². The minimum atomic E-state index is -5.08. The number of phenolic OH excluding ortho intramolecular Hbond substituents is 2. The highest BCUT2D eigenvalue weighted by atomic mass is 35.5. The fourth-order valence-electron chi connectivity index (χ4n) is 9.27. The molecule has 2 fully saturated rings. The minimum Gasteiger partial charge on any atom is -0.508 e. The summed E-state index contributed by atoms with van der Waals surface area (Å²) in [4.78, 5) is 49.3. The number of carbonyl (C=O) groups excluding carboxylic acids is 2. The van der Waals surface area contributed by atoms with Gasteiger partial charge >= 0.3 is 18.3 Å². The number of fused-ring (bicyclic) bond motifs is 3. The van der Waals surface area contributed by atoms with E-state index in [0.717, 1.165) is 90.4 Å². The molecule has 3 aromatic carbocycles. The molecule has 4 N–H and O–H groups in total. The molecule has 25 heteroatoms. The Kier molecular flexibility index (Phi) is 16.0. The molecular formula is C50H52ClF6N11O6S. The molecule has 6 heterocycles. The minimum absolute atomic E-state index is 0.0156. The number of hydrogen-bond donors (Lipinski definition) is 4. The van der Waals surface area contributed by atoms with Gasteiger partial charge in [-0.15, -0.1) is 31.7 Å². The summed E-state index contributed by atoms with van der Waals surface area (Å²) in [5, 5.41) is 48.4. The van der Waals surface area contributed by atoms with Gasteiger partial charge in [0, 0.05) is 85.1 Å². The summed E-state index contributed by atoms with van der Waals surface area (Å²) < 4.78 is 74.1. The number of amides is 2. The van der Waals surface area contributed by atoms with E-state index in [1.165, 1.54) is 15.5 Å². The molecule has 75 heavy (non-hydrogen) atoms. The molecule has 0 saturated carbocycles. The Bertz CT molecular complexity index is 3110. The van der Waals surface area contributed by atoms with Gasteiger partial charge in [0.15, 0.2) is 11.6 Å². The van der Waals surface area contributed by atoms with Crippen molar-refractivity contribution in [2.24, 2.45) is 10.9 Å². The number of rotatable bonds is 11. The average molecular weight is 1080 g/mol. The van der Waals surface area contributed by atoms with E-state index in [2.05, 4.69) is 48.6 Å². The van der Waals surface area contributed by atoms with Gasteiger partial charge in [-0.1, -0.05) is 35.9 Å². The van der Waals surface area contributed by atoms with E-state index in [4.69, 9.17) is 26.5 Å². The number of alkyl halides is 6. The smallest absolute Gasteiger partial charge is 0.490 e. The van der Waals surface area contributed by atoms with E-state index in [0.29, 0.717) is 47.7 Å². The van der Waals surface area contributed by atoms with Crippen molar-refractivity contribution >= 4 is 46.4 Å². The number of likely N-dealkylation sites (tertiary alicyclic amines) is 1. The first-order valence-electron chi connectivity index (χ1n) is 23.8. The van der Waals surface area contributed by atoms with Crippen LogP contribution in [0.1, 0.15) is 80.3 Å². The highest BCUT2D eigenvalue weighted by Crippen LogP contribution is 2.40. The van der Waals surface area contributed by atoms with E-state index >= 15 is 0 Å². The lowest BCUT2D eigenvalue weighted by Gasteiger charge is -2.39. The molecule has 398 valence electrons. The van der Waals surface area contributed by atoms with Crippen molar-refractivity contribution in [3.8, 4) is 33.6 Å². The number of carbonyl (C=O) groups is 3. The van der Waals surface area contributed by atoms with Gasteiger partial charge in [0.1, 0.15) is 34.9 Å². The molecule has 3 aliphatic rings. The monoisotopic (exact) mass is 1080 g/mol. The summed E-state index contributed by atoms with van der Waals surface area (Å²) in [5.41, 5.74) is 5.88. The Labute approximate surface area is 435 Å². The topological polar surface area (TPSA) is 207 Å². The number of aliphatic imine (C=N–C) groups is 1. The van der Waals surface area contributed by atoms with E-state index < -0.39 is 42.6 Å². The van der Waals surface area contributed by atoms with Crippen molar-refractivity contribution in [3.63, 3.8) is 0 Å². The van der Waals surface area contributed by atoms with Crippen LogP contribution in [0.4, 0.5) is 26.3 Å². The van der Waals surface area contributed by atoms with Gasteiger partial charge < -0.3 is 30.4 Å². The number of piperidine rings is 1. The number of piperazine rings is 1. The predicted molar refractivity (Wildman–Crippen MR) is 266 cm³/mol.